The number of aliphatic hydroxyl groups is 1. The Labute approximate surface area is 312 Å². The molecule has 5 aromatic rings. The number of nitrogens with one attached hydrogen (secondary N) is 2. The number of aromatic nitrogens is 2. The highest BCUT2D eigenvalue weighted by Crippen LogP contribution is 2.40. The molecule has 0 spiro atoms. The number of hydrogen-bond acceptors (Lipinski definition) is 10. The highest BCUT2D eigenvalue weighted by atomic mass is 32.2. The van der Waals surface area contributed by atoms with Crippen molar-refractivity contribution in [3.63, 3.8) is 0 Å². The third kappa shape index (κ3) is 10.3. The summed E-state index contributed by atoms with van der Waals surface area (Å²) in [5, 5.41) is 24.7. The van der Waals surface area contributed by atoms with Crippen LogP contribution in [0.3, 0.4) is 0 Å². The molecule has 0 unspecified atom stereocenters. The third-order valence-electron chi connectivity index (χ3n) is 8.79. The van der Waals surface area contributed by atoms with E-state index in [1.807, 2.05) is 73.7 Å². The fraction of sp³-hybridized carbons (Fsp3) is 0.300. The summed E-state index contributed by atoms with van der Waals surface area (Å²) in [6.07, 6.45) is 1.73. The summed E-state index contributed by atoms with van der Waals surface area (Å²) in [6, 6.07) is 31.2. The zero-order valence-electron chi connectivity index (χ0n) is 29.0. The van der Waals surface area contributed by atoms with Gasteiger partial charge in [0.2, 0.25) is 11.8 Å². The minimum absolute atomic E-state index is 0.00604. The molecule has 1 saturated heterocycles. The second kappa shape index (κ2) is 18.3. The van der Waals surface area contributed by atoms with E-state index >= 15 is 0 Å². The smallest absolute Gasteiger partial charge is 0.224 e. The van der Waals surface area contributed by atoms with E-state index in [0.29, 0.717) is 50.0 Å². The number of unbranched alkanes of at least 4 members (excludes halogenated alkanes) is 1. The molecule has 1 aromatic heterocycles. The van der Waals surface area contributed by atoms with Crippen molar-refractivity contribution in [1.82, 2.24) is 15.5 Å². The van der Waals surface area contributed by atoms with Crippen LogP contribution in [0.5, 0.6) is 0 Å². The Kier molecular flexibility index (Phi) is 13.0. The van der Waals surface area contributed by atoms with Crippen LogP contribution in [-0.4, -0.2) is 39.0 Å². The van der Waals surface area contributed by atoms with Crippen molar-refractivity contribution in [2.24, 2.45) is 0 Å². The monoisotopic (exact) mass is 737 g/mol. The molecule has 0 saturated carbocycles. The number of para-hydroxylation sites is 2. The second-order valence-electron chi connectivity index (χ2n) is 12.6. The standard InChI is InChI=1S/C40H43N5O5S2/c1-26-44-45-40(52-26)51-25-32-22-36(29-16-14-27(24-46)15-17-29)50-39(49-32)30-20-18-28(19-21-30)33-9-3-2-8-31(33)23-42-37(47)12-6-7-13-38(48)43-35-11-5-4-10-34(35)41/h2-5,8-11,14-21,32,36,39,46H,6-7,12-13,22-25,41H2,1H3,(H,42,47)(H,43,48)/t32-,36+,39+/m0/s1. The number of nitrogens with two attached hydrogens (primary N) is 1. The Bertz CT molecular complexity index is 1940. The van der Waals surface area contributed by atoms with Crippen molar-refractivity contribution in [2.45, 2.75) is 75.0 Å². The number of carbonyl (C=O) groups excluding carboxylic acids is 2. The summed E-state index contributed by atoms with van der Waals surface area (Å²) in [7, 11) is 0. The van der Waals surface area contributed by atoms with Gasteiger partial charge in [-0.05, 0) is 59.7 Å². The van der Waals surface area contributed by atoms with Gasteiger partial charge in [0, 0.05) is 37.1 Å². The maximum Gasteiger partial charge on any atom is 0.224 e. The fourth-order valence-corrected chi connectivity index (χ4v) is 7.84. The van der Waals surface area contributed by atoms with Gasteiger partial charge in [-0.1, -0.05) is 108 Å². The van der Waals surface area contributed by atoms with E-state index in [-0.39, 0.29) is 30.6 Å². The van der Waals surface area contributed by atoms with Crippen LogP contribution >= 0.6 is 23.1 Å². The molecule has 0 aliphatic carbocycles. The molecule has 52 heavy (non-hydrogen) atoms. The number of thioether (sulfide) groups is 1. The van der Waals surface area contributed by atoms with Crippen LogP contribution in [0.15, 0.2) is 101 Å². The normalized spacial score (nSPS) is 17.1. The maximum atomic E-state index is 12.7. The summed E-state index contributed by atoms with van der Waals surface area (Å²) < 4.78 is 14.0. The molecule has 270 valence electrons. The predicted molar refractivity (Wildman–Crippen MR) is 205 cm³/mol. The number of aryl methyl sites for hydroxylation is 1. The predicted octanol–water partition coefficient (Wildman–Crippen LogP) is 7.74. The molecule has 0 radical (unpaired) electrons. The van der Waals surface area contributed by atoms with Crippen molar-refractivity contribution in [1.29, 1.82) is 0 Å². The number of amides is 2. The maximum absolute atomic E-state index is 12.7. The molecule has 1 aliphatic heterocycles. The van der Waals surface area contributed by atoms with Crippen molar-refractivity contribution in [3.05, 3.63) is 124 Å². The van der Waals surface area contributed by atoms with E-state index in [4.69, 9.17) is 15.2 Å². The van der Waals surface area contributed by atoms with Crippen LogP contribution in [0.1, 0.15) is 71.8 Å². The number of benzene rings is 4. The molecule has 1 fully saturated rings. The van der Waals surface area contributed by atoms with Crippen LogP contribution in [-0.2, 0) is 32.2 Å². The first-order chi connectivity index (χ1) is 25.3. The lowest BCUT2D eigenvalue weighted by Crippen LogP contribution is -2.31. The lowest BCUT2D eigenvalue weighted by atomic mass is 9.97. The Morgan fingerprint density at radius 1 is 0.885 bits per heavy atom. The van der Waals surface area contributed by atoms with Gasteiger partial charge in [0.05, 0.1) is 30.2 Å². The lowest BCUT2D eigenvalue weighted by molar-refractivity contribution is -0.245. The van der Waals surface area contributed by atoms with Crippen molar-refractivity contribution < 1.29 is 24.2 Å². The molecule has 12 heteroatoms. The van der Waals surface area contributed by atoms with E-state index in [1.54, 1.807) is 35.2 Å². The second-order valence-corrected chi connectivity index (χ2v) is 15.1. The molecule has 3 atom stereocenters. The zero-order valence-corrected chi connectivity index (χ0v) is 30.6. The number of nitrogens with zero attached hydrogens (tertiary/aromatic N) is 2. The number of hydrogen-bond donors (Lipinski definition) is 4. The number of carbonyl (C=O) groups is 2. The van der Waals surface area contributed by atoms with Crippen molar-refractivity contribution in [3.8, 4) is 11.1 Å². The minimum atomic E-state index is -0.566. The van der Waals surface area contributed by atoms with E-state index in [1.165, 1.54) is 0 Å². The Morgan fingerprint density at radius 2 is 1.60 bits per heavy atom. The molecular weight excluding hydrogens is 695 g/mol. The highest BCUT2D eigenvalue weighted by molar-refractivity contribution is 8.01. The van der Waals surface area contributed by atoms with Gasteiger partial charge in [0.25, 0.3) is 0 Å². The number of ether oxygens (including phenoxy) is 2. The molecule has 2 amide bonds. The minimum Gasteiger partial charge on any atom is -0.397 e. The van der Waals surface area contributed by atoms with Gasteiger partial charge in [-0.2, -0.15) is 0 Å². The summed E-state index contributed by atoms with van der Waals surface area (Å²) in [5.74, 6) is 0.543. The molecule has 0 bridgehead atoms. The fourth-order valence-electron chi connectivity index (χ4n) is 5.98. The molecule has 5 N–H and O–H groups in total. The highest BCUT2D eigenvalue weighted by Gasteiger charge is 2.32. The van der Waals surface area contributed by atoms with Gasteiger partial charge < -0.3 is 30.9 Å². The molecule has 6 rings (SSSR count). The average molecular weight is 738 g/mol. The van der Waals surface area contributed by atoms with Crippen LogP contribution < -0.4 is 16.4 Å². The molecule has 10 nitrogen and oxygen atoms in total. The van der Waals surface area contributed by atoms with Crippen molar-refractivity contribution in [2.75, 3.05) is 16.8 Å². The first-order valence-corrected chi connectivity index (χ1v) is 19.2. The van der Waals surface area contributed by atoms with E-state index in [0.717, 1.165) is 48.5 Å². The Hall–Kier alpha value is -4.59. The van der Waals surface area contributed by atoms with Crippen LogP contribution in [0, 0.1) is 6.92 Å². The molecule has 1 aliphatic rings. The van der Waals surface area contributed by atoms with Crippen LogP contribution in [0.4, 0.5) is 11.4 Å². The SMILES string of the molecule is Cc1nnc(SC[C@@H]2C[C@H](c3ccc(CO)cc3)O[C@H](c3ccc(-c4ccccc4CNC(=O)CCCCC(=O)Nc4ccccc4N)cc3)O2)s1. The number of aliphatic hydroxyl groups excluding tert-OH is 1. The number of rotatable bonds is 15. The number of anilines is 2. The van der Waals surface area contributed by atoms with Gasteiger partial charge >= 0.3 is 0 Å². The summed E-state index contributed by atoms with van der Waals surface area (Å²) in [5.41, 5.74) is 12.9. The van der Waals surface area contributed by atoms with Gasteiger partial charge in [-0.3, -0.25) is 9.59 Å². The number of nitrogen functional groups attached to an aromatic ring is 1. The Balaban J connectivity index is 1.05. The molecule has 4 aromatic carbocycles. The topological polar surface area (TPSA) is 149 Å². The third-order valence-corrected chi connectivity index (χ3v) is 10.9. The van der Waals surface area contributed by atoms with Gasteiger partial charge in [-0.25, -0.2) is 0 Å². The quantitative estimate of drug-likeness (QED) is 0.0481. The summed E-state index contributed by atoms with van der Waals surface area (Å²) >= 11 is 3.22. The first-order valence-electron chi connectivity index (χ1n) is 17.4. The average Bonchev–Trinajstić information content (AvgIpc) is 3.60. The van der Waals surface area contributed by atoms with Gasteiger partial charge in [0.15, 0.2) is 10.6 Å². The van der Waals surface area contributed by atoms with Gasteiger partial charge in [0.1, 0.15) is 5.01 Å². The lowest BCUT2D eigenvalue weighted by Gasteiger charge is -2.36. The van der Waals surface area contributed by atoms with Crippen LogP contribution in [0.25, 0.3) is 11.1 Å². The summed E-state index contributed by atoms with van der Waals surface area (Å²) in [4.78, 5) is 25.0. The van der Waals surface area contributed by atoms with Gasteiger partial charge in [-0.15, -0.1) is 10.2 Å². The zero-order chi connectivity index (χ0) is 36.3. The van der Waals surface area contributed by atoms with Crippen LogP contribution in [0.2, 0.25) is 0 Å². The molecular formula is C40H43N5O5S2. The van der Waals surface area contributed by atoms with E-state index < -0.39 is 6.29 Å². The van der Waals surface area contributed by atoms with E-state index in [2.05, 4.69) is 39.0 Å². The molecule has 2 heterocycles. The first kappa shape index (κ1) is 37.2. The van der Waals surface area contributed by atoms with E-state index in [9.17, 15) is 14.7 Å². The largest absolute Gasteiger partial charge is 0.397 e. The Morgan fingerprint density at radius 3 is 2.33 bits per heavy atom. The van der Waals surface area contributed by atoms with Crippen molar-refractivity contribution >= 4 is 46.3 Å². The summed E-state index contributed by atoms with van der Waals surface area (Å²) in [6.45, 7) is 2.34.